The number of anilines is 1. The van der Waals surface area contributed by atoms with E-state index in [0.29, 0.717) is 23.7 Å². The summed E-state index contributed by atoms with van der Waals surface area (Å²) in [6.45, 7) is 5.66. The summed E-state index contributed by atoms with van der Waals surface area (Å²) >= 11 is 0. The lowest BCUT2D eigenvalue weighted by molar-refractivity contribution is 0.101. The first-order valence-electron chi connectivity index (χ1n) is 7.91. The van der Waals surface area contributed by atoms with Crippen molar-refractivity contribution in [3.05, 3.63) is 17.7 Å². The van der Waals surface area contributed by atoms with Crippen molar-refractivity contribution in [2.24, 2.45) is 0 Å². The second kappa shape index (κ2) is 8.03. The number of nitrogens with zero attached hydrogens (tertiary/aromatic N) is 1. The number of rotatable bonds is 8. The smallest absolute Gasteiger partial charge is 0.162 e. The van der Waals surface area contributed by atoms with Crippen molar-refractivity contribution in [2.45, 2.75) is 26.2 Å². The average Bonchev–Trinajstić information content (AvgIpc) is 3.04. The summed E-state index contributed by atoms with van der Waals surface area (Å²) in [6, 6.07) is 3.58. The Morgan fingerprint density at radius 2 is 2.00 bits per heavy atom. The molecule has 5 nitrogen and oxygen atoms in total. The Hall–Kier alpha value is -1.75. The predicted molar refractivity (Wildman–Crippen MR) is 88.3 cm³/mol. The van der Waals surface area contributed by atoms with E-state index in [2.05, 4.69) is 10.2 Å². The lowest BCUT2D eigenvalue weighted by Crippen LogP contribution is -2.22. The van der Waals surface area contributed by atoms with E-state index < -0.39 is 0 Å². The molecule has 122 valence electrons. The maximum absolute atomic E-state index is 11.7. The van der Waals surface area contributed by atoms with Crippen LogP contribution in [0.3, 0.4) is 0 Å². The van der Waals surface area contributed by atoms with Crippen LogP contribution in [0, 0.1) is 0 Å². The third-order valence-corrected chi connectivity index (χ3v) is 4.03. The summed E-state index contributed by atoms with van der Waals surface area (Å²) in [6.07, 6.45) is 3.59. The number of carbonyl (C=O) groups is 1. The van der Waals surface area contributed by atoms with Crippen molar-refractivity contribution in [1.82, 2.24) is 4.90 Å². The van der Waals surface area contributed by atoms with Gasteiger partial charge in [-0.15, -0.1) is 0 Å². The van der Waals surface area contributed by atoms with Crippen molar-refractivity contribution in [1.29, 1.82) is 0 Å². The van der Waals surface area contributed by atoms with E-state index in [0.717, 1.165) is 18.7 Å². The Labute approximate surface area is 132 Å². The minimum absolute atomic E-state index is 0.00826. The third kappa shape index (κ3) is 4.13. The van der Waals surface area contributed by atoms with Gasteiger partial charge in [-0.05, 0) is 45.3 Å². The quantitative estimate of drug-likeness (QED) is 0.591. The van der Waals surface area contributed by atoms with Gasteiger partial charge in [0.05, 0.1) is 13.7 Å². The minimum atomic E-state index is 0.00826. The van der Waals surface area contributed by atoms with Crippen LogP contribution in [0.4, 0.5) is 5.69 Å². The summed E-state index contributed by atoms with van der Waals surface area (Å²) in [5, 5.41) is 3.02. The van der Waals surface area contributed by atoms with E-state index in [4.69, 9.17) is 9.47 Å². The molecule has 1 fully saturated rings. The number of benzene rings is 1. The molecule has 0 unspecified atom stereocenters. The van der Waals surface area contributed by atoms with Crippen LogP contribution in [0.25, 0.3) is 0 Å². The van der Waals surface area contributed by atoms with Crippen LogP contribution >= 0.6 is 0 Å². The normalized spacial score (nSPS) is 14.9. The maximum Gasteiger partial charge on any atom is 0.162 e. The number of ether oxygens (including phenoxy) is 2. The minimum Gasteiger partial charge on any atom is -0.493 e. The van der Waals surface area contributed by atoms with Gasteiger partial charge in [0.2, 0.25) is 0 Å². The van der Waals surface area contributed by atoms with Gasteiger partial charge >= 0.3 is 0 Å². The van der Waals surface area contributed by atoms with Crippen LogP contribution in [-0.2, 0) is 0 Å². The van der Waals surface area contributed by atoms with Crippen LogP contribution in [0.1, 0.15) is 36.5 Å². The first-order chi connectivity index (χ1) is 10.7. The highest BCUT2D eigenvalue weighted by molar-refractivity contribution is 6.00. The molecule has 1 aliphatic heterocycles. The molecule has 1 aromatic rings. The molecule has 1 N–H and O–H groups in total. The number of carbonyl (C=O) groups excluding carboxylic acids is 1. The van der Waals surface area contributed by atoms with Gasteiger partial charge in [0.25, 0.3) is 0 Å². The molecule has 0 atom stereocenters. The molecule has 0 aliphatic carbocycles. The van der Waals surface area contributed by atoms with Gasteiger partial charge in [-0.2, -0.15) is 0 Å². The fourth-order valence-corrected chi connectivity index (χ4v) is 2.81. The van der Waals surface area contributed by atoms with Crippen molar-refractivity contribution < 1.29 is 14.3 Å². The Morgan fingerprint density at radius 1 is 1.27 bits per heavy atom. The Morgan fingerprint density at radius 3 is 2.59 bits per heavy atom. The largest absolute Gasteiger partial charge is 0.493 e. The molecule has 5 heteroatoms. The van der Waals surface area contributed by atoms with Crippen LogP contribution in [0.15, 0.2) is 12.1 Å². The molecule has 1 saturated heterocycles. The Balaban J connectivity index is 1.98. The predicted octanol–water partition coefficient (Wildman–Crippen LogP) is 2.80. The van der Waals surface area contributed by atoms with Gasteiger partial charge in [0.1, 0.15) is 0 Å². The van der Waals surface area contributed by atoms with Crippen LogP contribution in [0.2, 0.25) is 0 Å². The zero-order valence-electron chi connectivity index (χ0n) is 13.8. The van der Waals surface area contributed by atoms with Gasteiger partial charge < -0.3 is 19.7 Å². The number of likely N-dealkylation sites (tertiary alicyclic amines) is 1. The summed E-state index contributed by atoms with van der Waals surface area (Å²) in [5.41, 5.74) is 1.38. The molecule has 2 rings (SSSR count). The molecule has 0 saturated carbocycles. The topological polar surface area (TPSA) is 50.8 Å². The number of methoxy groups -OCH3 is 1. The summed E-state index contributed by atoms with van der Waals surface area (Å²) < 4.78 is 11.2. The van der Waals surface area contributed by atoms with E-state index >= 15 is 0 Å². The molecule has 1 heterocycles. The third-order valence-electron chi connectivity index (χ3n) is 4.03. The number of Topliss-reactive ketones (excluding diaryl/α,β-unsaturated/α-hetero) is 1. The van der Waals surface area contributed by atoms with Crippen molar-refractivity contribution in [3.8, 4) is 11.5 Å². The number of nitrogens with one attached hydrogen (secondary N) is 1. The lowest BCUT2D eigenvalue weighted by Gasteiger charge is -2.17. The van der Waals surface area contributed by atoms with E-state index in [1.165, 1.54) is 25.9 Å². The monoisotopic (exact) mass is 306 g/mol. The van der Waals surface area contributed by atoms with Crippen molar-refractivity contribution >= 4 is 11.5 Å². The first-order valence-corrected chi connectivity index (χ1v) is 7.91. The zero-order chi connectivity index (χ0) is 15.9. The van der Waals surface area contributed by atoms with Crippen LogP contribution in [-0.4, -0.2) is 51.1 Å². The van der Waals surface area contributed by atoms with Crippen molar-refractivity contribution in [2.75, 3.05) is 45.7 Å². The number of hydrogen-bond donors (Lipinski definition) is 1. The summed E-state index contributed by atoms with van der Waals surface area (Å²) in [4.78, 5) is 14.2. The standard InChI is InChI=1S/C17H26N2O3/c1-13(20)14-11-17(16(21-3)12-15(14)18-2)22-10-6-9-19-7-4-5-8-19/h11-12,18H,4-10H2,1-3H3. The summed E-state index contributed by atoms with van der Waals surface area (Å²) in [5.74, 6) is 1.29. The van der Waals surface area contributed by atoms with E-state index in [1.807, 2.05) is 6.07 Å². The highest BCUT2D eigenvalue weighted by Gasteiger charge is 2.15. The van der Waals surface area contributed by atoms with Crippen LogP contribution < -0.4 is 14.8 Å². The van der Waals surface area contributed by atoms with Gasteiger partial charge in [0, 0.05) is 30.9 Å². The zero-order valence-corrected chi connectivity index (χ0v) is 13.8. The number of hydrogen-bond acceptors (Lipinski definition) is 5. The molecule has 0 bridgehead atoms. The average molecular weight is 306 g/mol. The van der Waals surface area contributed by atoms with Gasteiger partial charge in [-0.1, -0.05) is 0 Å². The molecule has 0 amide bonds. The Bertz CT molecular complexity index is 511. The molecular weight excluding hydrogens is 280 g/mol. The molecular formula is C17H26N2O3. The number of ketones is 1. The molecule has 0 radical (unpaired) electrons. The molecule has 1 aromatic carbocycles. The lowest BCUT2D eigenvalue weighted by atomic mass is 10.1. The van der Waals surface area contributed by atoms with E-state index in [-0.39, 0.29) is 5.78 Å². The fraction of sp³-hybridized carbons (Fsp3) is 0.588. The van der Waals surface area contributed by atoms with Gasteiger partial charge in [-0.3, -0.25) is 4.79 Å². The first kappa shape index (κ1) is 16.6. The SMILES string of the molecule is CNc1cc(OC)c(OCCCN2CCCC2)cc1C(C)=O. The van der Waals surface area contributed by atoms with Crippen molar-refractivity contribution in [3.63, 3.8) is 0 Å². The van der Waals surface area contributed by atoms with Gasteiger partial charge in [-0.25, -0.2) is 0 Å². The van der Waals surface area contributed by atoms with Crippen LogP contribution in [0.5, 0.6) is 11.5 Å². The molecule has 0 spiro atoms. The second-order valence-corrected chi connectivity index (χ2v) is 5.61. The highest BCUT2D eigenvalue weighted by atomic mass is 16.5. The fourth-order valence-electron chi connectivity index (χ4n) is 2.81. The second-order valence-electron chi connectivity index (χ2n) is 5.61. The van der Waals surface area contributed by atoms with Gasteiger partial charge in [0.15, 0.2) is 17.3 Å². The molecule has 1 aliphatic rings. The van der Waals surface area contributed by atoms with E-state index in [1.54, 1.807) is 27.1 Å². The Kier molecular flexibility index (Phi) is 6.07. The van der Waals surface area contributed by atoms with E-state index in [9.17, 15) is 4.79 Å². The summed E-state index contributed by atoms with van der Waals surface area (Å²) in [7, 11) is 3.40. The molecule has 0 aromatic heterocycles. The highest BCUT2D eigenvalue weighted by Crippen LogP contribution is 2.33. The molecule has 22 heavy (non-hydrogen) atoms. The maximum atomic E-state index is 11.7.